The largest absolute Gasteiger partial charge is 0.506 e. The van der Waals surface area contributed by atoms with Gasteiger partial charge in [0.15, 0.2) is 0 Å². The van der Waals surface area contributed by atoms with Crippen LogP contribution in [0.5, 0.6) is 11.5 Å². The maximum Gasteiger partial charge on any atom is 0.339 e. The number of aromatic nitrogens is 1. The molecule has 0 radical (unpaired) electrons. The molecule has 4 rings (SSSR count). The summed E-state index contributed by atoms with van der Waals surface area (Å²) in [6.07, 6.45) is 1.01. The van der Waals surface area contributed by atoms with Crippen molar-refractivity contribution in [3.05, 3.63) is 63.5 Å². The molecule has 0 unspecified atom stereocenters. The lowest BCUT2D eigenvalue weighted by Gasteiger charge is -2.00. The Labute approximate surface area is 145 Å². The summed E-state index contributed by atoms with van der Waals surface area (Å²) in [5.41, 5.74) is 1.20. The number of rotatable bonds is 3. The average molecular weight is 357 g/mol. The fourth-order valence-electron chi connectivity index (χ4n) is 2.65. The van der Waals surface area contributed by atoms with Gasteiger partial charge in [0.05, 0.1) is 5.01 Å². The summed E-state index contributed by atoms with van der Waals surface area (Å²) in [5.74, 6) is 0.132. The van der Waals surface area contributed by atoms with Gasteiger partial charge in [-0.15, -0.1) is 11.3 Å². The van der Waals surface area contributed by atoms with Crippen LogP contribution in [0.2, 0.25) is 0 Å². The molecule has 0 saturated heterocycles. The van der Waals surface area contributed by atoms with Gasteiger partial charge in [-0.2, -0.15) is 0 Å². The van der Waals surface area contributed by atoms with Crippen LogP contribution in [0.15, 0.2) is 51.7 Å². The molecular formula is C18H15NO5S. The Hall–Kier alpha value is -2.90. The van der Waals surface area contributed by atoms with E-state index in [0.717, 1.165) is 10.4 Å². The molecule has 0 atom stereocenters. The Balaban J connectivity index is 0.00000182. The first-order valence-electron chi connectivity index (χ1n) is 7.44. The first-order valence-corrected chi connectivity index (χ1v) is 8.25. The molecule has 2 aromatic heterocycles. The number of phenols is 2. The minimum absolute atomic E-state index is 0. The smallest absolute Gasteiger partial charge is 0.339 e. The zero-order valence-corrected chi connectivity index (χ0v) is 13.8. The van der Waals surface area contributed by atoms with Crippen LogP contribution in [-0.4, -0.2) is 20.7 Å². The van der Waals surface area contributed by atoms with E-state index in [4.69, 9.17) is 4.42 Å². The van der Waals surface area contributed by atoms with Crippen molar-refractivity contribution in [2.24, 2.45) is 0 Å². The van der Waals surface area contributed by atoms with Crippen molar-refractivity contribution in [2.45, 2.75) is 12.8 Å². The van der Waals surface area contributed by atoms with Crippen LogP contribution in [0, 0.1) is 0 Å². The molecule has 0 aliphatic carbocycles. The van der Waals surface area contributed by atoms with Crippen molar-refractivity contribution in [3.63, 3.8) is 0 Å². The number of benzene rings is 2. The fraction of sp³-hybridized carbons (Fsp3) is 0.111. The molecule has 2 heterocycles. The summed E-state index contributed by atoms with van der Waals surface area (Å²) >= 11 is 1.31. The maximum absolute atomic E-state index is 12.1. The summed E-state index contributed by atoms with van der Waals surface area (Å²) in [5, 5.41) is 21.3. The van der Waals surface area contributed by atoms with Crippen molar-refractivity contribution in [1.29, 1.82) is 0 Å². The SMILES string of the molecule is O.O=c1oc2ccccc2cc1CCc1nc2c(O)ccc(O)c2s1. The van der Waals surface area contributed by atoms with E-state index >= 15 is 0 Å². The van der Waals surface area contributed by atoms with Crippen LogP contribution in [0.25, 0.3) is 21.2 Å². The molecule has 0 spiro atoms. The molecule has 0 saturated carbocycles. The fourth-order valence-corrected chi connectivity index (χ4v) is 3.65. The Morgan fingerprint density at radius 2 is 1.80 bits per heavy atom. The van der Waals surface area contributed by atoms with Gasteiger partial charge >= 0.3 is 5.63 Å². The van der Waals surface area contributed by atoms with E-state index in [9.17, 15) is 15.0 Å². The quantitative estimate of drug-likeness (QED) is 0.432. The predicted octanol–water partition coefficient (Wildman–Crippen LogP) is 2.77. The second-order valence-corrected chi connectivity index (χ2v) is 6.57. The first kappa shape index (κ1) is 16.9. The number of phenolic OH excluding ortho intramolecular Hbond substituents is 2. The van der Waals surface area contributed by atoms with Crippen molar-refractivity contribution < 1.29 is 20.1 Å². The van der Waals surface area contributed by atoms with E-state index in [1.807, 2.05) is 24.3 Å². The summed E-state index contributed by atoms with van der Waals surface area (Å²) in [4.78, 5) is 16.4. The van der Waals surface area contributed by atoms with E-state index in [1.165, 1.54) is 23.5 Å². The van der Waals surface area contributed by atoms with Crippen LogP contribution in [-0.2, 0) is 12.8 Å². The number of hydrogen-bond acceptors (Lipinski definition) is 6. The van der Waals surface area contributed by atoms with E-state index < -0.39 is 0 Å². The molecule has 4 N–H and O–H groups in total. The van der Waals surface area contributed by atoms with Crippen LogP contribution < -0.4 is 5.63 Å². The summed E-state index contributed by atoms with van der Waals surface area (Å²) in [7, 11) is 0. The third-order valence-corrected chi connectivity index (χ3v) is 5.01. The zero-order valence-electron chi connectivity index (χ0n) is 13.0. The predicted molar refractivity (Wildman–Crippen MR) is 96.5 cm³/mol. The van der Waals surface area contributed by atoms with Gasteiger partial charge in [0, 0.05) is 17.4 Å². The number of para-hydroxylation sites is 1. The monoisotopic (exact) mass is 357 g/mol. The van der Waals surface area contributed by atoms with Crippen LogP contribution >= 0.6 is 11.3 Å². The molecule has 4 aromatic rings. The van der Waals surface area contributed by atoms with E-state index in [1.54, 1.807) is 6.07 Å². The van der Waals surface area contributed by atoms with Gasteiger partial charge in [-0.3, -0.25) is 0 Å². The number of aromatic hydroxyl groups is 2. The van der Waals surface area contributed by atoms with Crippen LogP contribution in [0.1, 0.15) is 10.6 Å². The Kier molecular flexibility index (Phi) is 4.43. The van der Waals surface area contributed by atoms with Gasteiger partial charge < -0.3 is 20.1 Å². The lowest BCUT2D eigenvalue weighted by molar-refractivity contribution is 0.469. The van der Waals surface area contributed by atoms with Gasteiger partial charge in [-0.1, -0.05) is 18.2 Å². The third-order valence-electron chi connectivity index (χ3n) is 3.87. The Bertz CT molecular complexity index is 1080. The summed E-state index contributed by atoms with van der Waals surface area (Å²) < 4.78 is 5.88. The maximum atomic E-state index is 12.1. The van der Waals surface area contributed by atoms with Gasteiger partial charge in [-0.05, 0) is 30.7 Å². The topological polar surface area (TPSA) is 115 Å². The number of thiazole rings is 1. The number of hydrogen-bond donors (Lipinski definition) is 2. The second-order valence-electron chi connectivity index (χ2n) is 5.49. The minimum atomic E-state index is -0.347. The van der Waals surface area contributed by atoms with Gasteiger partial charge in [-0.25, -0.2) is 9.78 Å². The lowest BCUT2D eigenvalue weighted by atomic mass is 10.1. The zero-order chi connectivity index (χ0) is 16.7. The lowest BCUT2D eigenvalue weighted by Crippen LogP contribution is -2.08. The molecule has 25 heavy (non-hydrogen) atoms. The number of nitrogens with zero attached hydrogens (tertiary/aromatic N) is 1. The summed E-state index contributed by atoms with van der Waals surface area (Å²) in [6.45, 7) is 0. The van der Waals surface area contributed by atoms with Gasteiger partial charge in [0.1, 0.15) is 27.3 Å². The Morgan fingerprint density at radius 3 is 2.60 bits per heavy atom. The van der Waals surface area contributed by atoms with Crippen molar-refractivity contribution in [1.82, 2.24) is 4.98 Å². The number of aryl methyl sites for hydroxylation is 2. The van der Waals surface area contributed by atoms with Crippen LogP contribution in [0.3, 0.4) is 0 Å². The van der Waals surface area contributed by atoms with E-state index in [2.05, 4.69) is 4.98 Å². The molecule has 0 fully saturated rings. The number of fused-ring (bicyclic) bond motifs is 2. The Morgan fingerprint density at radius 1 is 1.04 bits per heavy atom. The molecule has 6 nitrogen and oxygen atoms in total. The van der Waals surface area contributed by atoms with E-state index in [0.29, 0.717) is 34.2 Å². The highest BCUT2D eigenvalue weighted by atomic mass is 32.1. The van der Waals surface area contributed by atoms with Crippen LogP contribution in [0.4, 0.5) is 0 Å². The third kappa shape index (κ3) is 3.07. The highest BCUT2D eigenvalue weighted by Gasteiger charge is 2.13. The molecule has 0 bridgehead atoms. The van der Waals surface area contributed by atoms with Crippen molar-refractivity contribution in [3.8, 4) is 11.5 Å². The van der Waals surface area contributed by atoms with Gasteiger partial charge in [0.2, 0.25) is 0 Å². The van der Waals surface area contributed by atoms with Crippen molar-refractivity contribution in [2.75, 3.05) is 0 Å². The molecule has 0 aliphatic rings. The summed E-state index contributed by atoms with van der Waals surface area (Å²) in [6, 6.07) is 12.1. The molecule has 2 aromatic carbocycles. The highest BCUT2D eigenvalue weighted by molar-refractivity contribution is 7.19. The molecular weight excluding hydrogens is 342 g/mol. The first-order chi connectivity index (χ1) is 11.6. The second kappa shape index (κ2) is 6.54. The standard InChI is InChI=1S/C18H13NO4S.H2O/c20-12-6-7-13(21)17-16(12)19-15(24-17)8-5-11-9-10-3-1-2-4-14(10)23-18(11)22;/h1-4,6-7,9,20-21H,5,8H2;1H2. The average Bonchev–Trinajstić information content (AvgIpc) is 3.02. The van der Waals surface area contributed by atoms with Crippen molar-refractivity contribution >= 4 is 32.5 Å². The highest BCUT2D eigenvalue weighted by Crippen LogP contribution is 2.36. The molecule has 128 valence electrons. The van der Waals surface area contributed by atoms with E-state index in [-0.39, 0.29) is 22.6 Å². The molecule has 7 heteroatoms. The normalized spacial score (nSPS) is 10.9. The minimum Gasteiger partial charge on any atom is -0.506 e. The molecule has 0 aliphatic heterocycles. The molecule has 0 amide bonds. The van der Waals surface area contributed by atoms with Gasteiger partial charge in [0.25, 0.3) is 0 Å².